The van der Waals surface area contributed by atoms with Crippen LogP contribution in [0.4, 0.5) is 0 Å². The molecule has 0 aliphatic rings. The molecule has 3 amide bonds. The molecule has 0 heterocycles. The topological polar surface area (TPSA) is 171 Å². The van der Waals surface area contributed by atoms with E-state index in [0.29, 0.717) is 6.42 Å². The lowest BCUT2D eigenvalue weighted by molar-refractivity contribution is -0.142. The molecule has 1 rings (SSSR count). The summed E-state index contributed by atoms with van der Waals surface area (Å²) < 4.78 is 0. The van der Waals surface area contributed by atoms with E-state index in [1.54, 1.807) is 6.92 Å². The Bertz CT molecular complexity index is 779. The van der Waals surface area contributed by atoms with Crippen LogP contribution in [0.2, 0.25) is 0 Å². The maximum absolute atomic E-state index is 12.8. The largest absolute Gasteiger partial charge is 0.480 e. The number of hydrogen-bond acceptors (Lipinski definition) is 7. The fraction of sp³-hybridized carbons (Fsp3) is 0.524. The number of carbonyl (C=O) groups excluding carboxylic acids is 3. The number of benzene rings is 1. The molecule has 1 aromatic carbocycles. The molecule has 7 N–H and O–H groups in total. The molecule has 0 radical (unpaired) electrons. The Balaban J connectivity index is 2.84. The molecule has 0 saturated carbocycles. The Morgan fingerprint density at radius 1 is 1.00 bits per heavy atom. The van der Waals surface area contributed by atoms with Crippen molar-refractivity contribution >= 4 is 36.3 Å². The zero-order chi connectivity index (χ0) is 24.3. The Morgan fingerprint density at radius 3 is 2.09 bits per heavy atom. The minimum atomic E-state index is -1.40. The van der Waals surface area contributed by atoms with Crippen LogP contribution >= 0.6 is 12.6 Å². The molecule has 0 aliphatic carbocycles. The highest BCUT2D eigenvalue weighted by Gasteiger charge is 2.32. The summed E-state index contributed by atoms with van der Waals surface area (Å²) in [5, 5.41) is 25.8. The first-order valence-electron chi connectivity index (χ1n) is 10.3. The molecule has 5 unspecified atom stereocenters. The molecule has 1 aromatic rings. The van der Waals surface area contributed by atoms with Gasteiger partial charge in [0.25, 0.3) is 0 Å². The van der Waals surface area contributed by atoms with Gasteiger partial charge in [0, 0.05) is 5.75 Å². The van der Waals surface area contributed by atoms with E-state index in [-0.39, 0.29) is 18.1 Å². The first-order valence-corrected chi connectivity index (χ1v) is 10.9. The lowest BCUT2D eigenvalue weighted by atomic mass is 9.97. The number of carboxylic acid groups (broad SMARTS) is 1. The van der Waals surface area contributed by atoms with E-state index in [2.05, 4.69) is 28.6 Å². The van der Waals surface area contributed by atoms with E-state index in [9.17, 15) is 24.3 Å². The van der Waals surface area contributed by atoms with Crippen LogP contribution < -0.4 is 21.7 Å². The summed E-state index contributed by atoms with van der Waals surface area (Å²) in [6.45, 7) is 2.83. The van der Waals surface area contributed by atoms with Crippen molar-refractivity contribution in [2.75, 3.05) is 12.4 Å². The highest BCUT2D eigenvalue weighted by Crippen LogP contribution is 2.10. The molecule has 0 fully saturated rings. The standard InChI is InChI=1S/C21H32N4O6S/c1-3-12(2)17(25-18(27)14(22)9-13-7-5-4-6-8-13)20(29)23-15(10-26)19(28)24-16(11-32)21(30)31/h4-8,12,14-17,26,32H,3,9-11,22H2,1-2H3,(H,23,29)(H,24,28)(H,25,27)(H,30,31). The number of carbonyl (C=O) groups is 4. The van der Waals surface area contributed by atoms with Crippen molar-refractivity contribution in [2.24, 2.45) is 11.7 Å². The summed E-state index contributed by atoms with van der Waals surface area (Å²) in [4.78, 5) is 48.8. The van der Waals surface area contributed by atoms with Gasteiger partial charge in [-0.3, -0.25) is 14.4 Å². The molecular weight excluding hydrogens is 436 g/mol. The monoisotopic (exact) mass is 468 g/mol. The zero-order valence-electron chi connectivity index (χ0n) is 18.2. The van der Waals surface area contributed by atoms with Crippen molar-refractivity contribution in [1.29, 1.82) is 0 Å². The minimum Gasteiger partial charge on any atom is -0.480 e. The van der Waals surface area contributed by atoms with Gasteiger partial charge in [0.15, 0.2) is 0 Å². The van der Waals surface area contributed by atoms with E-state index in [1.165, 1.54) is 0 Å². The normalized spacial score (nSPS) is 15.5. The van der Waals surface area contributed by atoms with Gasteiger partial charge in [-0.1, -0.05) is 50.6 Å². The minimum absolute atomic E-state index is 0.169. The van der Waals surface area contributed by atoms with Crippen molar-refractivity contribution in [3.8, 4) is 0 Å². The average molecular weight is 469 g/mol. The van der Waals surface area contributed by atoms with Crippen LogP contribution in [-0.2, 0) is 25.6 Å². The summed E-state index contributed by atoms with van der Waals surface area (Å²) in [6.07, 6.45) is 0.826. The second-order valence-electron chi connectivity index (χ2n) is 7.49. The van der Waals surface area contributed by atoms with Gasteiger partial charge in [0.1, 0.15) is 18.1 Å². The quantitative estimate of drug-likeness (QED) is 0.183. The van der Waals surface area contributed by atoms with Gasteiger partial charge in [0.05, 0.1) is 12.6 Å². The first kappa shape index (κ1) is 27.4. The number of hydrogen-bond donors (Lipinski definition) is 7. The highest BCUT2D eigenvalue weighted by atomic mass is 32.1. The summed E-state index contributed by atoms with van der Waals surface area (Å²) in [5.74, 6) is -3.86. The van der Waals surface area contributed by atoms with Crippen molar-refractivity contribution in [1.82, 2.24) is 16.0 Å². The zero-order valence-corrected chi connectivity index (χ0v) is 19.0. The van der Waals surface area contributed by atoms with E-state index in [1.807, 2.05) is 37.3 Å². The molecule has 0 spiro atoms. The second kappa shape index (κ2) is 13.7. The molecule has 11 heteroatoms. The molecular formula is C21H32N4O6S. The highest BCUT2D eigenvalue weighted by molar-refractivity contribution is 7.80. The van der Waals surface area contributed by atoms with Crippen LogP contribution in [0.3, 0.4) is 0 Å². The van der Waals surface area contributed by atoms with Crippen molar-refractivity contribution in [3.63, 3.8) is 0 Å². The van der Waals surface area contributed by atoms with Crippen LogP contribution in [0.25, 0.3) is 0 Å². The predicted octanol–water partition coefficient (Wildman–Crippen LogP) is -0.936. The van der Waals surface area contributed by atoms with Crippen LogP contribution in [0.5, 0.6) is 0 Å². The second-order valence-corrected chi connectivity index (χ2v) is 7.86. The van der Waals surface area contributed by atoms with Crippen molar-refractivity contribution in [3.05, 3.63) is 35.9 Å². The SMILES string of the molecule is CCC(C)C(NC(=O)C(N)Cc1ccccc1)C(=O)NC(CO)C(=O)NC(CS)C(=O)O. The van der Waals surface area contributed by atoms with E-state index < -0.39 is 54.5 Å². The summed E-state index contributed by atoms with van der Waals surface area (Å²) >= 11 is 3.86. The van der Waals surface area contributed by atoms with Gasteiger partial charge in [-0.25, -0.2) is 4.79 Å². The average Bonchev–Trinajstić information content (AvgIpc) is 2.78. The summed E-state index contributed by atoms with van der Waals surface area (Å²) in [5.41, 5.74) is 6.87. The van der Waals surface area contributed by atoms with Crippen molar-refractivity contribution in [2.45, 2.75) is 50.9 Å². The van der Waals surface area contributed by atoms with Crippen LogP contribution in [-0.4, -0.2) is 70.4 Å². The molecule has 0 aromatic heterocycles. The Labute approximate surface area is 192 Å². The molecule has 0 saturated heterocycles. The number of carboxylic acids is 1. The van der Waals surface area contributed by atoms with Gasteiger partial charge in [-0.2, -0.15) is 12.6 Å². The number of aliphatic carboxylic acids is 1. The number of rotatable bonds is 13. The van der Waals surface area contributed by atoms with Gasteiger partial charge in [-0.15, -0.1) is 0 Å². The van der Waals surface area contributed by atoms with Gasteiger partial charge in [0.2, 0.25) is 17.7 Å². The lowest BCUT2D eigenvalue weighted by Crippen LogP contribution is -2.59. The smallest absolute Gasteiger partial charge is 0.327 e. The van der Waals surface area contributed by atoms with Crippen LogP contribution in [0.1, 0.15) is 25.8 Å². The van der Waals surface area contributed by atoms with Gasteiger partial charge < -0.3 is 31.9 Å². The Hall–Kier alpha value is -2.63. The number of amides is 3. The van der Waals surface area contributed by atoms with Gasteiger partial charge >= 0.3 is 5.97 Å². The fourth-order valence-electron chi connectivity index (χ4n) is 2.84. The van der Waals surface area contributed by atoms with E-state index >= 15 is 0 Å². The Morgan fingerprint density at radius 2 is 1.59 bits per heavy atom. The number of thiol groups is 1. The summed E-state index contributed by atoms with van der Waals surface area (Å²) in [6, 6.07) is 4.62. The van der Waals surface area contributed by atoms with Crippen LogP contribution in [0.15, 0.2) is 30.3 Å². The van der Waals surface area contributed by atoms with E-state index in [0.717, 1.165) is 5.56 Å². The maximum Gasteiger partial charge on any atom is 0.327 e. The third-order valence-corrected chi connectivity index (χ3v) is 5.41. The molecule has 178 valence electrons. The van der Waals surface area contributed by atoms with Crippen molar-refractivity contribution < 1.29 is 29.4 Å². The first-order chi connectivity index (χ1) is 15.1. The fourth-order valence-corrected chi connectivity index (χ4v) is 3.08. The summed E-state index contributed by atoms with van der Waals surface area (Å²) in [7, 11) is 0. The number of aliphatic hydroxyl groups excluding tert-OH is 1. The number of aliphatic hydroxyl groups is 1. The molecule has 5 atom stereocenters. The molecule has 10 nitrogen and oxygen atoms in total. The predicted molar refractivity (Wildman–Crippen MR) is 122 cm³/mol. The maximum atomic E-state index is 12.8. The van der Waals surface area contributed by atoms with Crippen LogP contribution in [0, 0.1) is 5.92 Å². The third kappa shape index (κ3) is 8.48. The van der Waals surface area contributed by atoms with E-state index in [4.69, 9.17) is 10.8 Å². The molecule has 0 aliphatic heterocycles. The molecule has 0 bridgehead atoms. The molecule has 32 heavy (non-hydrogen) atoms. The third-order valence-electron chi connectivity index (χ3n) is 5.04. The Kier molecular flexibility index (Phi) is 11.7. The number of nitrogens with two attached hydrogens (primary N) is 1. The lowest BCUT2D eigenvalue weighted by Gasteiger charge is -2.27. The van der Waals surface area contributed by atoms with Gasteiger partial charge in [-0.05, 0) is 17.9 Å². The number of nitrogens with one attached hydrogen (secondary N) is 3.